The number of hydrogen-bond acceptors (Lipinski definition) is 4. The molecule has 21 heavy (non-hydrogen) atoms. The number of pyridine rings is 1. The second-order valence-corrected chi connectivity index (χ2v) is 5.68. The van der Waals surface area contributed by atoms with Gasteiger partial charge in [-0.25, -0.2) is 0 Å². The first-order chi connectivity index (χ1) is 10.0. The highest BCUT2D eigenvalue weighted by molar-refractivity contribution is 5.81. The Balaban J connectivity index is 1.98. The second-order valence-electron chi connectivity index (χ2n) is 5.68. The number of likely N-dealkylation sites (tertiary alicyclic amines) is 1. The smallest absolute Gasteiger partial charge is 0.239 e. The number of nitrogens with one attached hydrogen (secondary N) is 1. The Labute approximate surface area is 126 Å². The average Bonchev–Trinajstić information content (AvgIpc) is 3.00. The van der Waals surface area contributed by atoms with E-state index in [9.17, 15) is 4.79 Å². The molecule has 5 heteroatoms. The van der Waals surface area contributed by atoms with Crippen molar-refractivity contribution >= 4 is 5.91 Å². The first-order valence-electron chi connectivity index (χ1n) is 7.55. The predicted molar refractivity (Wildman–Crippen MR) is 82.4 cm³/mol. The molecular formula is C16H25N3O2. The van der Waals surface area contributed by atoms with Crippen LogP contribution in [0.2, 0.25) is 0 Å². The van der Waals surface area contributed by atoms with E-state index in [0.29, 0.717) is 6.54 Å². The van der Waals surface area contributed by atoms with Gasteiger partial charge in [-0.05, 0) is 33.6 Å². The SMILES string of the molecule is COc1c(C)cnc(CNC(C)C(=O)N2CCCC2)c1C. The van der Waals surface area contributed by atoms with E-state index >= 15 is 0 Å². The number of methoxy groups -OCH3 is 1. The topological polar surface area (TPSA) is 54.5 Å². The van der Waals surface area contributed by atoms with Gasteiger partial charge in [0.25, 0.3) is 0 Å². The van der Waals surface area contributed by atoms with Crippen molar-refractivity contribution in [3.8, 4) is 5.75 Å². The minimum absolute atomic E-state index is 0.184. The summed E-state index contributed by atoms with van der Waals surface area (Å²) in [6.07, 6.45) is 4.05. The summed E-state index contributed by atoms with van der Waals surface area (Å²) in [6.45, 7) is 8.25. The fourth-order valence-corrected chi connectivity index (χ4v) is 2.80. The Morgan fingerprint density at radius 1 is 1.43 bits per heavy atom. The Morgan fingerprint density at radius 2 is 2.10 bits per heavy atom. The molecule has 0 aliphatic carbocycles. The summed E-state index contributed by atoms with van der Waals surface area (Å²) < 4.78 is 5.41. The fourth-order valence-electron chi connectivity index (χ4n) is 2.80. The van der Waals surface area contributed by atoms with Crippen LogP contribution in [-0.4, -0.2) is 42.0 Å². The van der Waals surface area contributed by atoms with E-state index in [-0.39, 0.29) is 11.9 Å². The van der Waals surface area contributed by atoms with Gasteiger partial charge in [-0.1, -0.05) is 0 Å². The third-order valence-electron chi connectivity index (χ3n) is 4.11. The van der Waals surface area contributed by atoms with Crippen LogP contribution in [0.1, 0.15) is 36.6 Å². The summed E-state index contributed by atoms with van der Waals surface area (Å²) in [5.74, 6) is 1.06. The zero-order valence-electron chi connectivity index (χ0n) is 13.4. The van der Waals surface area contributed by atoms with Gasteiger partial charge >= 0.3 is 0 Å². The van der Waals surface area contributed by atoms with Crippen molar-refractivity contribution in [3.63, 3.8) is 0 Å². The van der Waals surface area contributed by atoms with Gasteiger partial charge in [0.1, 0.15) is 5.75 Å². The standard InChI is InChI=1S/C16H25N3O2/c1-11-9-18-14(12(2)15(11)21-4)10-17-13(3)16(20)19-7-5-6-8-19/h9,13,17H,5-8,10H2,1-4H3. The van der Waals surface area contributed by atoms with E-state index < -0.39 is 0 Å². The van der Waals surface area contributed by atoms with Crippen LogP contribution in [0.5, 0.6) is 5.75 Å². The van der Waals surface area contributed by atoms with Gasteiger partial charge in [0.05, 0.1) is 18.8 Å². The number of carbonyl (C=O) groups excluding carboxylic acids is 1. The molecule has 2 heterocycles. The molecule has 0 radical (unpaired) electrons. The van der Waals surface area contributed by atoms with Crippen molar-refractivity contribution in [1.82, 2.24) is 15.2 Å². The summed E-state index contributed by atoms with van der Waals surface area (Å²) in [6, 6.07) is -0.184. The number of ether oxygens (including phenoxy) is 1. The Bertz CT molecular complexity index is 510. The lowest BCUT2D eigenvalue weighted by atomic mass is 10.1. The molecule has 2 rings (SSSR count). The van der Waals surface area contributed by atoms with E-state index in [1.807, 2.05) is 31.9 Å². The monoisotopic (exact) mass is 291 g/mol. The van der Waals surface area contributed by atoms with Gasteiger partial charge in [0.15, 0.2) is 0 Å². The number of nitrogens with zero attached hydrogens (tertiary/aromatic N) is 2. The summed E-state index contributed by atoms with van der Waals surface area (Å²) in [4.78, 5) is 18.6. The third kappa shape index (κ3) is 3.53. The Morgan fingerprint density at radius 3 is 2.71 bits per heavy atom. The summed E-state index contributed by atoms with van der Waals surface area (Å²) >= 11 is 0. The fraction of sp³-hybridized carbons (Fsp3) is 0.625. The maximum Gasteiger partial charge on any atom is 0.239 e. The lowest BCUT2D eigenvalue weighted by Crippen LogP contribution is -2.43. The number of aromatic nitrogens is 1. The van der Waals surface area contributed by atoms with Crippen LogP contribution in [-0.2, 0) is 11.3 Å². The van der Waals surface area contributed by atoms with E-state index in [2.05, 4.69) is 10.3 Å². The molecule has 1 aliphatic rings. The summed E-state index contributed by atoms with van der Waals surface area (Å²) in [5, 5.41) is 3.28. The van der Waals surface area contributed by atoms with Gasteiger partial charge in [-0.15, -0.1) is 0 Å². The molecule has 1 N–H and O–H groups in total. The molecule has 5 nitrogen and oxygen atoms in total. The van der Waals surface area contributed by atoms with Gasteiger partial charge < -0.3 is 15.0 Å². The maximum absolute atomic E-state index is 12.2. The molecule has 1 unspecified atom stereocenters. The van der Waals surface area contributed by atoms with Crippen molar-refractivity contribution in [2.24, 2.45) is 0 Å². The molecule has 0 saturated carbocycles. The Kier molecular flexibility index (Phi) is 5.17. The number of rotatable bonds is 5. The molecule has 0 aromatic carbocycles. The van der Waals surface area contributed by atoms with Crippen LogP contribution >= 0.6 is 0 Å². The van der Waals surface area contributed by atoms with Gasteiger partial charge in [-0.3, -0.25) is 9.78 Å². The zero-order chi connectivity index (χ0) is 15.4. The molecule has 1 aliphatic heterocycles. The van der Waals surface area contributed by atoms with Crippen LogP contribution in [0.25, 0.3) is 0 Å². The van der Waals surface area contributed by atoms with Crippen LogP contribution in [0.4, 0.5) is 0 Å². The molecule has 1 atom stereocenters. The van der Waals surface area contributed by atoms with Crippen LogP contribution < -0.4 is 10.1 Å². The van der Waals surface area contributed by atoms with Gasteiger partial charge in [0.2, 0.25) is 5.91 Å². The number of hydrogen-bond donors (Lipinski definition) is 1. The maximum atomic E-state index is 12.2. The van der Waals surface area contributed by atoms with E-state index in [0.717, 1.165) is 48.5 Å². The molecule has 0 bridgehead atoms. The molecule has 1 aromatic rings. The average molecular weight is 291 g/mol. The van der Waals surface area contributed by atoms with E-state index in [1.165, 1.54) is 0 Å². The highest BCUT2D eigenvalue weighted by Gasteiger charge is 2.23. The second kappa shape index (κ2) is 6.89. The highest BCUT2D eigenvalue weighted by atomic mass is 16.5. The zero-order valence-corrected chi connectivity index (χ0v) is 13.4. The normalized spacial score (nSPS) is 16.1. The molecule has 1 fully saturated rings. The first-order valence-corrected chi connectivity index (χ1v) is 7.55. The number of carbonyl (C=O) groups is 1. The van der Waals surface area contributed by atoms with Gasteiger partial charge in [0, 0.05) is 37.0 Å². The predicted octanol–water partition coefficient (Wildman–Crippen LogP) is 1.81. The van der Waals surface area contributed by atoms with Crippen molar-refractivity contribution in [2.75, 3.05) is 20.2 Å². The van der Waals surface area contributed by atoms with Gasteiger partial charge in [-0.2, -0.15) is 0 Å². The molecule has 1 amide bonds. The van der Waals surface area contributed by atoms with Crippen molar-refractivity contribution in [3.05, 3.63) is 23.0 Å². The van der Waals surface area contributed by atoms with Crippen LogP contribution in [0.15, 0.2) is 6.20 Å². The quantitative estimate of drug-likeness (QED) is 0.899. The van der Waals surface area contributed by atoms with Crippen molar-refractivity contribution in [2.45, 2.75) is 46.2 Å². The summed E-state index contributed by atoms with van der Waals surface area (Å²) in [7, 11) is 1.67. The lowest BCUT2D eigenvalue weighted by molar-refractivity contribution is -0.131. The Hall–Kier alpha value is -1.62. The molecular weight excluding hydrogens is 266 g/mol. The molecule has 1 aromatic heterocycles. The molecule has 0 spiro atoms. The van der Waals surface area contributed by atoms with E-state index in [1.54, 1.807) is 7.11 Å². The molecule has 1 saturated heterocycles. The minimum Gasteiger partial charge on any atom is -0.496 e. The number of aryl methyl sites for hydroxylation is 1. The third-order valence-corrected chi connectivity index (χ3v) is 4.11. The van der Waals surface area contributed by atoms with Crippen molar-refractivity contribution in [1.29, 1.82) is 0 Å². The minimum atomic E-state index is -0.184. The highest BCUT2D eigenvalue weighted by Crippen LogP contribution is 2.23. The van der Waals surface area contributed by atoms with Crippen LogP contribution in [0, 0.1) is 13.8 Å². The van der Waals surface area contributed by atoms with Crippen molar-refractivity contribution < 1.29 is 9.53 Å². The number of amides is 1. The largest absolute Gasteiger partial charge is 0.496 e. The summed E-state index contributed by atoms with van der Waals surface area (Å²) in [5.41, 5.74) is 2.99. The lowest BCUT2D eigenvalue weighted by Gasteiger charge is -2.21. The van der Waals surface area contributed by atoms with Crippen LogP contribution in [0.3, 0.4) is 0 Å². The first kappa shape index (κ1) is 15.8. The molecule has 116 valence electrons. The van der Waals surface area contributed by atoms with E-state index in [4.69, 9.17) is 4.74 Å².